The standard InChI is InChI=1S/C10H16ClN3O2S/c1-10(2,3)7-14(17(4,15)16)8-5-6-12-9(11)13-8/h5-6H,7H2,1-4H3. The van der Waals surface area contributed by atoms with E-state index >= 15 is 0 Å². The summed E-state index contributed by atoms with van der Waals surface area (Å²) >= 11 is 5.67. The topological polar surface area (TPSA) is 63.2 Å². The molecule has 0 aromatic carbocycles. The lowest BCUT2D eigenvalue weighted by atomic mass is 9.97. The van der Waals surface area contributed by atoms with Gasteiger partial charge in [0.05, 0.1) is 6.26 Å². The van der Waals surface area contributed by atoms with Crippen molar-refractivity contribution in [3.8, 4) is 0 Å². The second-order valence-electron chi connectivity index (χ2n) is 5.01. The molecular formula is C10H16ClN3O2S. The largest absolute Gasteiger partial charge is 0.253 e. The fourth-order valence-corrected chi connectivity index (χ4v) is 2.47. The molecule has 0 saturated carbocycles. The van der Waals surface area contributed by atoms with Crippen molar-refractivity contribution in [3.05, 3.63) is 17.5 Å². The van der Waals surface area contributed by atoms with Crippen molar-refractivity contribution in [2.45, 2.75) is 20.8 Å². The van der Waals surface area contributed by atoms with Gasteiger partial charge in [-0.2, -0.15) is 4.98 Å². The molecule has 0 bridgehead atoms. The maximum Gasteiger partial charge on any atom is 0.233 e. The summed E-state index contributed by atoms with van der Waals surface area (Å²) in [5, 5.41) is 0.0325. The number of sulfonamides is 1. The van der Waals surface area contributed by atoms with E-state index in [1.54, 1.807) is 0 Å². The fourth-order valence-electron chi connectivity index (χ4n) is 1.26. The molecule has 5 nitrogen and oxygen atoms in total. The molecule has 1 rings (SSSR count). The van der Waals surface area contributed by atoms with Crippen LogP contribution in [-0.4, -0.2) is 31.2 Å². The number of nitrogens with zero attached hydrogens (tertiary/aromatic N) is 3. The van der Waals surface area contributed by atoms with Gasteiger partial charge in [-0.15, -0.1) is 0 Å². The molecule has 0 radical (unpaired) electrons. The zero-order chi connectivity index (χ0) is 13.3. The minimum absolute atomic E-state index is 0.0325. The fraction of sp³-hybridized carbons (Fsp3) is 0.600. The van der Waals surface area contributed by atoms with E-state index in [0.717, 1.165) is 6.26 Å². The molecule has 0 aliphatic heterocycles. The molecule has 0 spiro atoms. The molecule has 96 valence electrons. The van der Waals surface area contributed by atoms with Crippen molar-refractivity contribution in [2.75, 3.05) is 17.1 Å². The van der Waals surface area contributed by atoms with Crippen molar-refractivity contribution in [3.63, 3.8) is 0 Å². The molecule has 17 heavy (non-hydrogen) atoms. The quantitative estimate of drug-likeness (QED) is 0.792. The number of hydrogen-bond donors (Lipinski definition) is 0. The van der Waals surface area contributed by atoms with Gasteiger partial charge in [0.15, 0.2) is 0 Å². The van der Waals surface area contributed by atoms with Gasteiger partial charge in [-0.05, 0) is 17.0 Å². The van der Waals surface area contributed by atoms with Crippen molar-refractivity contribution >= 4 is 27.4 Å². The summed E-state index contributed by atoms with van der Waals surface area (Å²) in [6, 6.07) is 1.53. The molecule has 0 atom stereocenters. The Hall–Kier alpha value is -0.880. The minimum Gasteiger partial charge on any atom is -0.253 e. The Bertz CT molecular complexity index is 497. The molecule has 1 heterocycles. The first-order valence-electron chi connectivity index (χ1n) is 5.06. The first-order valence-corrected chi connectivity index (χ1v) is 7.28. The maximum absolute atomic E-state index is 11.7. The molecule has 0 fully saturated rings. The lowest BCUT2D eigenvalue weighted by Crippen LogP contribution is -2.37. The monoisotopic (exact) mass is 277 g/mol. The Labute approximate surface area is 107 Å². The average Bonchev–Trinajstić information content (AvgIpc) is 2.11. The van der Waals surface area contributed by atoms with Gasteiger partial charge in [-0.3, -0.25) is 4.31 Å². The summed E-state index contributed by atoms with van der Waals surface area (Å²) in [4.78, 5) is 7.66. The smallest absolute Gasteiger partial charge is 0.233 e. The molecule has 1 aromatic rings. The Balaban J connectivity index is 3.17. The zero-order valence-corrected chi connectivity index (χ0v) is 11.9. The van der Waals surface area contributed by atoms with E-state index in [1.165, 1.54) is 16.6 Å². The predicted octanol–water partition coefficient (Wildman–Crippen LogP) is 1.94. The lowest BCUT2D eigenvalue weighted by Gasteiger charge is -2.28. The predicted molar refractivity (Wildman–Crippen MR) is 68.7 cm³/mol. The van der Waals surface area contributed by atoms with E-state index in [1.807, 2.05) is 20.8 Å². The third-order valence-corrected chi connectivity index (χ3v) is 3.18. The van der Waals surface area contributed by atoms with E-state index in [0.29, 0.717) is 12.4 Å². The lowest BCUT2D eigenvalue weighted by molar-refractivity contribution is 0.425. The van der Waals surface area contributed by atoms with Crippen molar-refractivity contribution < 1.29 is 8.42 Å². The highest BCUT2D eigenvalue weighted by molar-refractivity contribution is 7.92. The highest BCUT2D eigenvalue weighted by atomic mass is 35.5. The number of anilines is 1. The first-order chi connectivity index (χ1) is 7.59. The SMILES string of the molecule is CC(C)(C)CN(c1ccnc(Cl)n1)S(C)(=O)=O. The normalized spacial score (nSPS) is 12.5. The third kappa shape index (κ3) is 4.47. The van der Waals surface area contributed by atoms with Crippen LogP contribution < -0.4 is 4.31 Å². The molecule has 7 heteroatoms. The van der Waals surface area contributed by atoms with Crippen LogP contribution in [0, 0.1) is 5.41 Å². The van der Waals surface area contributed by atoms with Gasteiger partial charge in [-0.25, -0.2) is 13.4 Å². The second kappa shape index (κ2) is 4.78. The van der Waals surface area contributed by atoms with Gasteiger partial charge in [0.1, 0.15) is 5.82 Å². The summed E-state index contributed by atoms with van der Waals surface area (Å²) in [6.45, 7) is 6.19. The summed E-state index contributed by atoms with van der Waals surface area (Å²) in [7, 11) is -3.38. The molecule has 0 aliphatic rings. The van der Waals surface area contributed by atoms with E-state index in [-0.39, 0.29) is 10.7 Å². The van der Waals surface area contributed by atoms with Crippen molar-refractivity contribution in [1.82, 2.24) is 9.97 Å². The van der Waals surface area contributed by atoms with Gasteiger partial charge < -0.3 is 0 Å². The van der Waals surface area contributed by atoms with Crippen molar-refractivity contribution in [1.29, 1.82) is 0 Å². The van der Waals surface area contributed by atoms with Crippen LogP contribution in [-0.2, 0) is 10.0 Å². The van der Waals surface area contributed by atoms with E-state index < -0.39 is 10.0 Å². The Morgan fingerprint density at radius 3 is 2.41 bits per heavy atom. The number of hydrogen-bond acceptors (Lipinski definition) is 4. The van der Waals surface area contributed by atoms with Crippen LogP contribution in [0.3, 0.4) is 0 Å². The maximum atomic E-state index is 11.7. The Morgan fingerprint density at radius 1 is 1.41 bits per heavy atom. The van der Waals surface area contributed by atoms with Crippen LogP contribution in [0.1, 0.15) is 20.8 Å². The third-order valence-electron chi connectivity index (χ3n) is 1.89. The van der Waals surface area contributed by atoms with Crippen molar-refractivity contribution in [2.24, 2.45) is 5.41 Å². The number of rotatable bonds is 3. The highest BCUT2D eigenvalue weighted by Crippen LogP contribution is 2.22. The molecule has 0 saturated heterocycles. The zero-order valence-electron chi connectivity index (χ0n) is 10.3. The van der Waals surface area contributed by atoms with Crippen LogP contribution in [0.2, 0.25) is 5.28 Å². The Kier molecular flexibility index (Phi) is 3.99. The van der Waals surface area contributed by atoms with Gasteiger partial charge in [0.25, 0.3) is 0 Å². The highest BCUT2D eigenvalue weighted by Gasteiger charge is 2.25. The molecule has 0 N–H and O–H groups in total. The molecule has 0 amide bonds. The molecular weight excluding hydrogens is 262 g/mol. The number of halogens is 1. The second-order valence-corrected chi connectivity index (χ2v) is 7.26. The van der Waals surface area contributed by atoms with Gasteiger partial charge in [0, 0.05) is 18.8 Å². The van der Waals surface area contributed by atoms with Gasteiger partial charge >= 0.3 is 0 Å². The summed E-state index contributed by atoms with van der Waals surface area (Å²) < 4.78 is 24.7. The molecule has 1 aromatic heterocycles. The van der Waals surface area contributed by atoms with E-state index in [9.17, 15) is 8.42 Å². The van der Waals surface area contributed by atoms with Crippen LogP contribution in [0.5, 0.6) is 0 Å². The van der Waals surface area contributed by atoms with E-state index in [4.69, 9.17) is 11.6 Å². The van der Waals surface area contributed by atoms with Gasteiger partial charge in [-0.1, -0.05) is 20.8 Å². The van der Waals surface area contributed by atoms with Crippen LogP contribution in [0.25, 0.3) is 0 Å². The van der Waals surface area contributed by atoms with E-state index in [2.05, 4.69) is 9.97 Å². The Morgan fingerprint density at radius 2 is 2.00 bits per heavy atom. The minimum atomic E-state index is -3.38. The average molecular weight is 278 g/mol. The van der Waals surface area contributed by atoms with Gasteiger partial charge in [0.2, 0.25) is 15.3 Å². The molecule has 0 unspecified atom stereocenters. The van der Waals surface area contributed by atoms with Crippen LogP contribution in [0.4, 0.5) is 5.82 Å². The van der Waals surface area contributed by atoms with Crippen LogP contribution in [0.15, 0.2) is 12.3 Å². The summed E-state index contributed by atoms with van der Waals surface area (Å²) in [5.74, 6) is 0.294. The first kappa shape index (κ1) is 14.2. The summed E-state index contributed by atoms with van der Waals surface area (Å²) in [5.41, 5.74) is -0.180. The molecule has 0 aliphatic carbocycles. The summed E-state index contributed by atoms with van der Waals surface area (Å²) in [6.07, 6.45) is 2.58. The van der Waals surface area contributed by atoms with Crippen LogP contribution >= 0.6 is 11.6 Å². The number of aromatic nitrogens is 2.